The third kappa shape index (κ3) is 6.50. The Bertz CT molecular complexity index is 506. The van der Waals surface area contributed by atoms with Gasteiger partial charge in [-0.05, 0) is 26.0 Å². The number of nitrogens with one attached hydrogen (secondary N) is 1. The van der Waals surface area contributed by atoms with E-state index in [0.29, 0.717) is 37.0 Å². The van der Waals surface area contributed by atoms with Gasteiger partial charge in [-0.2, -0.15) is 0 Å². The van der Waals surface area contributed by atoms with E-state index in [1.54, 1.807) is 0 Å². The molecule has 0 saturated carbocycles. The van der Waals surface area contributed by atoms with E-state index in [1.165, 1.54) is 0 Å². The molecule has 0 bridgehead atoms. The maximum Gasteiger partial charge on any atom is 0.311 e. The Morgan fingerprint density at radius 2 is 1.92 bits per heavy atom. The second kappa shape index (κ2) is 11.6. The third-order valence-corrected chi connectivity index (χ3v) is 4.06. The van der Waals surface area contributed by atoms with Crippen LogP contribution in [-0.2, 0) is 4.79 Å². The first-order valence-electron chi connectivity index (χ1n) is 8.52. The zero-order valence-electron chi connectivity index (χ0n) is 14.8. The summed E-state index contributed by atoms with van der Waals surface area (Å²) in [4.78, 5) is 14.1. The topological polar surface area (TPSA) is 41.6 Å². The van der Waals surface area contributed by atoms with Crippen LogP contribution in [-0.4, -0.2) is 37.4 Å². The Labute approximate surface area is 155 Å². The zero-order valence-corrected chi connectivity index (χ0v) is 16.3. The lowest BCUT2D eigenvalue weighted by atomic mass is 10.1. The van der Waals surface area contributed by atoms with Crippen molar-refractivity contribution >= 4 is 34.9 Å². The van der Waals surface area contributed by atoms with E-state index in [4.69, 9.17) is 27.9 Å². The van der Waals surface area contributed by atoms with Gasteiger partial charge in [0.1, 0.15) is 5.75 Å². The highest BCUT2D eigenvalue weighted by atomic mass is 35.5. The third-order valence-electron chi connectivity index (χ3n) is 3.73. The summed E-state index contributed by atoms with van der Waals surface area (Å²) < 4.78 is 5.63. The molecular weight excluding hydrogens is 347 g/mol. The Morgan fingerprint density at radius 3 is 2.46 bits per heavy atom. The Morgan fingerprint density at radius 1 is 1.25 bits per heavy atom. The standard InChI is InChI=1S/C18H28Cl2N2O2/c1-4-6-18(23)24-17-13-15(22(11-9-19)12-10-20)7-8-16(17)14(3)21-5-2/h7-8,13-14,21H,4-6,9-12H2,1-3H3. The van der Waals surface area contributed by atoms with Gasteiger partial charge in [-0.3, -0.25) is 4.79 Å². The number of hydrogen-bond acceptors (Lipinski definition) is 4. The van der Waals surface area contributed by atoms with Gasteiger partial charge in [0.05, 0.1) is 0 Å². The molecule has 0 fully saturated rings. The number of carbonyl (C=O) groups excluding carboxylic acids is 1. The van der Waals surface area contributed by atoms with E-state index < -0.39 is 0 Å². The smallest absolute Gasteiger partial charge is 0.311 e. The molecule has 0 aliphatic heterocycles. The second-order valence-corrected chi connectivity index (χ2v) is 6.35. The number of halogens is 2. The molecule has 4 nitrogen and oxygen atoms in total. The minimum absolute atomic E-state index is 0.1000. The van der Waals surface area contributed by atoms with Gasteiger partial charge in [-0.25, -0.2) is 0 Å². The van der Waals surface area contributed by atoms with Crippen molar-refractivity contribution in [2.45, 2.75) is 39.7 Å². The van der Waals surface area contributed by atoms with Crippen LogP contribution in [0.25, 0.3) is 0 Å². The fourth-order valence-corrected chi connectivity index (χ4v) is 2.94. The lowest BCUT2D eigenvalue weighted by molar-refractivity contribution is -0.134. The molecule has 0 saturated heterocycles. The van der Waals surface area contributed by atoms with Crippen LogP contribution in [0.4, 0.5) is 5.69 Å². The Balaban J connectivity index is 3.14. The van der Waals surface area contributed by atoms with Crippen LogP contribution >= 0.6 is 23.2 Å². The first-order chi connectivity index (χ1) is 11.6. The number of hydrogen-bond donors (Lipinski definition) is 1. The summed E-state index contributed by atoms with van der Waals surface area (Å²) in [6, 6.07) is 6.05. The van der Waals surface area contributed by atoms with E-state index >= 15 is 0 Å². The zero-order chi connectivity index (χ0) is 17.9. The number of alkyl halides is 2. The predicted molar refractivity (Wildman–Crippen MR) is 103 cm³/mol. The molecule has 0 radical (unpaired) electrons. The predicted octanol–water partition coefficient (Wildman–Crippen LogP) is 4.35. The number of nitrogens with zero attached hydrogens (tertiary/aromatic N) is 1. The van der Waals surface area contributed by atoms with Crippen LogP contribution in [0, 0.1) is 0 Å². The number of esters is 1. The van der Waals surface area contributed by atoms with Crippen LogP contribution in [0.3, 0.4) is 0 Å². The summed E-state index contributed by atoms with van der Waals surface area (Å²) in [5.74, 6) is 1.42. The Kier molecular flexibility index (Phi) is 10.2. The van der Waals surface area contributed by atoms with E-state index in [0.717, 1.165) is 24.2 Å². The summed E-state index contributed by atoms with van der Waals surface area (Å²) >= 11 is 11.8. The molecule has 6 heteroatoms. The van der Waals surface area contributed by atoms with Crippen molar-refractivity contribution < 1.29 is 9.53 Å². The van der Waals surface area contributed by atoms with Crippen molar-refractivity contribution in [3.63, 3.8) is 0 Å². The van der Waals surface area contributed by atoms with Crippen LogP contribution < -0.4 is 15.0 Å². The van der Waals surface area contributed by atoms with Gasteiger partial charge in [0.2, 0.25) is 0 Å². The van der Waals surface area contributed by atoms with E-state index in [-0.39, 0.29) is 12.0 Å². The first-order valence-corrected chi connectivity index (χ1v) is 9.59. The molecule has 1 N–H and O–H groups in total. The lowest BCUT2D eigenvalue weighted by Gasteiger charge is -2.25. The highest BCUT2D eigenvalue weighted by molar-refractivity contribution is 6.18. The highest BCUT2D eigenvalue weighted by Gasteiger charge is 2.16. The quantitative estimate of drug-likeness (QED) is 0.355. The van der Waals surface area contributed by atoms with Crippen LogP contribution in [0.5, 0.6) is 5.75 Å². The highest BCUT2D eigenvalue weighted by Crippen LogP contribution is 2.31. The summed E-state index contributed by atoms with van der Waals surface area (Å²) in [5.41, 5.74) is 1.93. The van der Waals surface area contributed by atoms with E-state index in [2.05, 4.69) is 24.1 Å². The molecule has 0 spiro atoms. The molecule has 1 unspecified atom stereocenters. The first kappa shape index (κ1) is 21.1. The summed E-state index contributed by atoms with van der Waals surface area (Å²) in [6.45, 7) is 8.30. The van der Waals surface area contributed by atoms with Gasteiger partial charge in [-0.1, -0.05) is 19.9 Å². The molecule has 24 heavy (non-hydrogen) atoms. The number of anilines is 1. The molecule has 0 aliphatic carbocycles. The molecule has 1 rings (SSSR count). The maximum atomic E-state index is 12.0. The molecule has 1 atom stereocenters. The second-order valence-electron chi connectivity index (χ2n) is 5.59. The van der Waals surface area contributed by atoms with Gasteiger partial charge in [0.15, 0.2) is 0 Å². The fourth-order valence-electron chi connectivity index (χ4n) is 2.53. The van der Waals surface area contributed by atoms with Crippen LogP contribution in [0.15, 0.2) is 18.2 Å². The number of benzene rings is 1. The molecule has 0 amide bonds. The van der Waals surface area contributed by atoms with Gasteiger partial charge in [0, 0.05) is 54.6 Å². The van der Waals surface area contributed by atoms with Crippen molar-refractivity contribution in [3.05, 3.63) is 23.8 Å². The van der Waals surface area contributed by atoms with Crippen molar-refractivity contribution in [1.29, 1.82) is 0 Å². The summed E-state index contributed by atoms with van der Waals surface area (Å²) in [7, 11) is 0. The van der Waals surface area contributed by atoms with Crippen molar-refractivity contribution in [1.82, 2.24) is 5.32 Å². The minimum atomic E-state index is -0.208. The van der Waals surface area contributed by atoms with Crippen molar-refractivity contribution in [3.8, 4) is 5.75 Å². The molecule has 0 aliphatic rings. The fraction of sp³-hybridized carbons (Fsp3) is 0.611. The van der Waals surface area contributed by atoms with Gasteiger partial charge in [0.25, 0.3) is 0 Å². The van der Waals surface area contributed by atoms with Gasteiger partial charge >= 0.3 is 5.97 Å². The largest absolute Gasteiger partial charge is 0.426 e. The molecule has 136 valence electrons. The van der Waals surface area contributed by atoms with Crippen LogP contribution in [0.1, 0.15) is 45.2 Å². The molecule has 0 heterocycles. The lowest BCUT2D eigenvalue weighted by Crippen LogP contribution is -2.28. The molecule has 1 aromatic rings. The van der Waals surface area contributed by atoms with Crippen LogP contribution in [0.2, 0.25) is 0 Å². The molecule has 1 aromatic carbocycles. The number of carbonyl (C=O) groups is 1. The summed E-state index contributed by atoms with van der Waals surface area (Å²) in [5, 5.41) is 3.36. The number of rotatable bonds is 11. The monoisotopic (exact) mass is 374 g/mol. The number of ether oxygens (including phenoxy) is 1. The van der Waals surface area contributed by atoms with Gasteiger partial charge in [-0.15, -0.1) is 23.2 Å². The van der Waals surface area contributed by atoms with Gasteiger partial charge < -0.3 is 15.0 Å². The molecular formula is C18H28Cl2N2O2. The Hall–Kier alpha value is -0.970. The normalized spacial score (nSPS) is 12.0. The molecule has 0 aromatic heterocycles. The van der Waals surface area contributed by atoms with Crippen molar-refractivity contribution in [2.75, 3.05) is 36.3 Å². The minimum Gasteiger partial charge on any atom is -0.426 e. The average molecular weight is 375 g/mol. The van der Waals surface area contributed by atoms with E-state index in [9.17, 15) is 4.79 Å². The van der Waals surface area contributed by atoms with E-state index in [1.807, 2.05) is 25.1 Å². The van der Waals surface area contributed by atoms with Crippen molar-refractivity contribution in [2.24, 2.45) is 0 Å². The average Bonchev–Trinajstić information content (AvgIpc) is 2.55. The summed E-state index contributed by atoms with van der Waals surface area (Å²) in [6.07, 6.45) is 1.17. The maximum absolute atomic E-state index is 12.0. The SMILES string of the molecule is CCCC(=O)Oc1cc(N(CCCl)CCCl)ccc1C(C)NCC.